The molecule has 1 rings (SSSR count). The van der Waals surface area contributed by atoms with Crippen LogP contribution < -0.4 is 0 Å². The Kier molecular flexibility index (Phi) is 3.98. The zero-order chi connectivity index (χ0) is 9.24. The molecule has 1 fully saturated rings. The molecule has 0 aromatic carbocycles. The Labute approximate surface area is 88.9 Å². The lowest BCUT2D eigenvalue weighted by atomic mass is 9.90. The molecule has 1 nitrogen and oxygen atoms in total. The molecular weight excluding hydrogens is 227 g/mol. The lowest BCUT2D eigenvalue weighted by molar-refractivity contribution is 0.423. The summed E-state index contributed by atoms with van der Waals surface area (Å²) >= 11 is 9.47. The van der Waals surface area contributed by atoms with Crippen molar-refractivity contribution in [3.05, 3.63) is 0 Å². The predicted molar refractivity (Wildman–Crippen MR) is 64.7 cm³/mol. The van der Waals surface area contributed by atoms with Gasteiger partial charge in [-0.25, -0.2) is 0 Å². The Morgan fingerprint density at radius 2 is 1.75 bits per heavy atom. The average Bonchev–Trinajstić information content (AvgIpc) is 1.83. The maximum absolute atomic E-state index is 11.4. The second-order valence-corrected chi connectivity index (χ2v) is 13.8. The van der Waals surface area contributed by atoms with Crippen molar-refractivity contribution in [1.29, 1.82) is 0 Å². The third kappa shape index (κ3) is 3.99. The van der Waals surface area contributed by atoms with E-state index in [2.05, 4.69) is 31.4 Å². The maximum atomic E-state index is 11.4. The molecule has 12 heavy (non-hydrogen) atoms. The van der Waals surface area contributed by atoms with Crippen LogP contribution in [0.3, 0.4) is 0 Å². The van der Waals surface area contributed by atoms with Gasteiger partial charge in [-0.1, -0.05) is 55.1 Å². The molecule has 72 valence electrons. The molecule has 1 aliphatic carbocycles. The molecule has 5 heteroatoms. The molecule has 0 aromatic rings. The van der Waals surface area contributed by atoms with Gasteiger partial charge in [-0.05, 0) is 19.8 Å². The molecule has 1 aliphatic rings. The van der Waals surface area contributed by atoms with Gasteiger partial charge in [-0.2, -0.15) is 0 Å². The molecule has 0 bridgehead atoms. The predicted octanol–water partition coefficient (Wildman–Crippen LogP) is 4.41. The topological polar surface area (TPSA) is 17.1 Å². The summed E-state index contributed by atoms with van der Waals surface area (Å²) in [6, 6.07) is 0. The number of hydrogen-bond donors (Lipinski definition) is 2. The summed E-state index contributed by atoms with van der Waals surface area (Å²) in [7, 11) is 0. The first kappa shape index (κ1) is 11.4. The molecular formula is C7H15OPS3. The van der Waals surface area contributed by atoms with Gasteiger partial charge in [0, 0.05) is 4.75 Å². The third-order valence-electron chi connectivity index (χ3n) is 2.25. The van der Waals surface area contributed by atoms with Crippen molar-refractivity contribution in [3.8, 4) is 0 Å². The van der Waals surface area contributed by atoms with Gasteiger partial charge in [0.15, 0.2) is 0 Å². The van der Waals surface area contributed by atoms with Gasteiger partial charge < -0.3 is 0 Å². The minimum atomic E-state index is -2.49. The van der Waals surface area contributed by atoms with E-state index in [1.54, 1.807) is 0 Å². The van der Waals surface area contributed by atoms with Gasteiger partial charge in [0.25, 0.3) is 0 Å². The van der Waals surface area contributed by atoms with Crippen LogP contribution in [0.1, 0.15) is 39.0 Å². The van der Waals surface area contributed by atoms with Gasteiger partial charge in [0.05, 0.1) is 0 Å². The average molecular weight is 242 g/mol. The minimum absolute atomic E-state index is 0.164. The van der Waals surface area contributed by atoms with Gasteiger partial charge in [-0.15, -0.1) is 0 Å². The largest absolute Gasteiger partial charge is 0.289 e. The Bertz CT molecular complexity index is 195. The molecule has 0 radical (unpaired) electrons. The van der Waals surface area contributed by atoms with Gasteiger partial charge in [0.1, 0.15) is 0 Å². The second kappa shape index (κ2) is 4.20. The van der Waals surface area contributed by atoms with Crippen molar-refractivity contribution in [2.24, 2.45) is 0 Å². The highest BCUT2D eigenvalue weighted by atomic mass is 33.4. The molecule has 0 unspecified atom stereocenters. The number of rotatable bonds is 2. The summed E-state index contributed by atoms with van der Waals surface area (Å²) < 4.78 is 9.05. The van der Waals surface area contributed by atoms with Crippen molar-refractivity contribution in [2.45, 2.75) is 43.8 Å². The normalized spacial score (nSPS) is 23.9. The van der Waals surface area contributed by atoms with Gasteiger partial charge in [-0.3, -0.25) is 4.57 Å². The maximum Gasteiger partial charge on any atom is 0.238 e. The van der Waals surface area contributed by atoms with Crippen molar-refractivity contribution >= 4 is 40.6 Å². The Morgan fingerprint density at radius 1 is 1.25 bits per heavy atom. The lowest BCUT2D eigenvalue weighted by Crippen LogP contribution is -2.22. The third-order valence-corrected chi connectivity index (χ3v) is 6.84. The van der Waals surface area contributed by atoms with E-state index in [-0.39, 0.29) is 4.75 Å². The number of hydrogen-bond acceptors (Lipinski definition) is 2. The molecule has 0 heterocycles. The van der Waals surface area contributed by atoms with Crippen LogP contribution in [0.25, 0.3) is 0 Å². The van der Waals surface area contributed by atoms with Crippen LogP contribution in [-0.4, -0.2) is 4.75 Å². The fourth-order valence-electron chi connectivity index (χ4n) is 1.68. The van der Waals surface area contributed by atoms with E-state index in [0.717, 1.165) is 12.8 Å². The lowest BCUT2D eigenvalue weighted by Gasteiger charge is -2.33. The van der Waals surface area contributed by atoms with E-state index in [9.17, 15) is 4.57 Å². The van der Waals surface area contributed by atoms with Crippen molar-refractivity contribution in [1.82, 2.24) is 0 Å². The van der Waals surface area contributed by atoms with Gasteiger partial charge >= 0.3 is 0 Å². The summed E-state index contributed by atoms with van der Waals surface area (Å²) in [5.74, 6) is 0. The molecule has 0 N–H and O–H groups in total. The standard InChI is InChI=1S/C7H15OPS3/c1-7(12-9(8,10)11)5-3-2-4-6-7/h2-6H2,1H3,(H2,8,10,11). The van der Waals surface area contributed by atoms with Crippen LogP contribution in [0, 0.1) is 0 Å². The van der Waals surface area contributed by atoms with E-state index in [1.165, 1.54) is 30.6 Å². The minimum Gasteiger partial charge on any atom is -0.289 e. The van der Waals surface area contributed by atoms with E-state index >= 15 is 0 Å². The van der Waals surface area contributed by atoms with Crippen molar-refractivity contribution in [2.75, 3.05) is 0 Å². The van der Waals surface area contributed by atoms with E-state index in [0.29, 0.717) is 0 Å². The highest BCUT2D eigenvalue weighted by molar-refractivity contribution is 9.08. The van der Waals surface area contributed by atoms with Crippen molar-refractivity contribution in [3.63, 3.8) is 0 Å². The summed E-state index contributed by atoms with van der Waals surface area (Å²) in [5.41, 5.74) is 0. The smallest absolute Gasteiger partial charge is 0.238 e. The zero-order valence-electron chi connectivity index (χ0n) is 7.19. The Morgan fingerprint density at radius 3 is 2.17 bits per heavy atom. The molecule has 0 saturated heterocycles. The number of thiol groups is 2. The highest BCUT2D eigenvalue weighted by Crippen LogP contribution is 2.72. The first-order valence-electron chi connectivity index (χ1n) is 4.18. The molecule has 0 amide bonds. The van der Waals surface area contributed by atoms with Crippen LogP contribution in [-0.2, 0) is 4.57 Å². The SMILES string of the molecule is CC1(SP(=O)(S)S)CCCCC1. The molecule has 1 saturated carbocycles. The first-order valence-corrected chi connectivity index (χ1v) is 9.61. The van der Waals surface area contributed by atoms with Crippen LogP contribution in [0.4, 0.5) is 0 Å². The van der Waals surface area contributed by atoms with Crippen LogP contribution in [0.15, 0.2) is 0 Å². The Balaban J connectivity index is 2.53. The van der Waals surface area contributed by atoms with E-state index in [1.807, 2.05) is 0 Å². The molecule has 0 atom stereocenters. The fraction of sp³-hybridized carbons (Fsp3) is 1.00. The quantitative estimate of drug-likeness (QED) is 0.551. The van der Waals surface area contributed by atoms with E-state index in [4.69, 9.17) is 0 Å². The monoisotopic (exact) mass is 242 g/mol. The van der Waals surface area contributed by atoms with Crippen LogP contribution in [0.2, 0.25) is 0 Å². The molecule has 0 aliphatic heterocycles. The summed E-state index contributed by atoms with van der Waals surface area (Å²) in [6.45, 7) is 2.18. The first-order chi connectivity index (χ1) is 5.41. The zero-order valence-corrected chi connectivity index (χ0v) is 10.7. The summed E-state index contributed by atoms with van der Waals surface area (Å²) in [6.07, 6.45) is 6.14. The van der Waals surface area contributed by atoms with Crippen molar-refractivity contribution < 1.29 is 4.57 Å². The fourth-order valence-corrected chi connectivity index (χ4v) is 8.54. The molecule has 0 aromatic heterocycles. The highest BCUT2D eigenvalue weighted by Gasteiger charge is 2.32. The van der Waals surface area contributed by atoms with Gasteiger partial charge in [0.2, 0.25) is 4.75 Å². The van der Waals surface area contributed by atoms with Crippen LogP contribution in [0.5, 0.6) is 0 Å². The summed E-state index contributed by atoms with van der Waals surface area (Å²) in [4.78, 5) is 0. The Hall–Kier alpha value is 1.28. The summed E-state index contributed by atoms with van der Waals surface area (Å²) in [5, 5.41) is 0. The second-order valence-electron chi connectivity index (χ2n) is 3.59. The van der Waals surface area contributed by atoms with E-state index < -0.39 is 4.75 Å². The molecule has 0 spiro atoms. The van der Waals surface area contributed by atoms with Crippen LogP contribution >= 0.6 is 40.6 Å².